The molecule has 0 amide bonds. The summed E-state index contributed by atoms with van der Waals surface area (Å²) in [5.41, 5.74) is -0.493. The molecule has 0 saturated heterocycles. The number of rotatable bonds is 7. The largest absolute Gasteiger partial charge is 0.477 e. The van der Waals surface area contributed by atoms with Crippen molar-refractivity contribution in [1.82, 2.24) is 4.98 Å². The van der Waals surface area contributed by atoms with Crippen LogP contribution in [0, 0.1) is 10.1 Å². The molecule has 0 aliphatic carbocycles. The van der Waals surface area contributed by atoms with Gasteiger partial charge < -0.3 is 15.2 Å². The Kier molecular flexibility index (Phi) is 5.00. The Morgan fingerprint density at radius 3 is 2.89 bits per heavy atom. The van der Waals surface area contributed by atoms with Crippen LogP contribution in [0.25, 0.3) is 0 Å². The van der Waals surface area contributed by atoms with Gasteiger partial charge in [-0.25, -0.2) is 9.78 Å². The molecule has 0 aliphatic rings. The third kappa shape index (κ3) is 3.67. The monoisotopic (exact) mass is 255 g/mol. The van der Waals surface area contributed by atoms with Crippen LogP contribution in [0.3, 0.4) is 0 Å². The second-order valence-electron chi connectivity index (χ2n) is 3.40. The van der Waals surface area contributed by atoms with E-state index in [0.717, 1.165) is 12.1 Å². The summed E-state index contributed by atoms with van der Waals surface area (Å²) < 4.78 is 4.83. The van der Waals surface area contributed by atoms with Gasteiger partial charge in [-0.1, -0.05) is 0 Å². The number of nitrogens with zero attached hydrogens (tertiary/aromatic N) is 2. The lowest BCUT2D eigenvalue weighted by atomic mass is 10.3. The first-order chi connectivity index (χ1) is 8.56. The molecule has 1 rings (SSSR count). The van der Waals surface area contributed by atoms with Crippen molar-refractivity contribution in [2.75, 3.05) is 25.6 Å². The lowest BCUT2D eigenvalue weighted by Gasteiger charge is -2.06. The topological polar surface area (TPSA) is 115 Å². The van der Waals surface area contributed by atoms with Gasteiger partial charge in [0.25, 0.3) is 0 Å². The predicted octanol–water partition coefficient (Wildman–Crippen LogP) is 1.14. The Bertz CT molecular complexity index is 449. The second kappa shape index (κ2) is 6.50. The van der Waals surface area contributed by atoms with Gasteiger partial charge in [0, 0.05) is 26.3 Å². The number of hydrogen-bond acceptors (Lipinski definition) is 6. The van der Waals surface area contributed by atoms with Crippen molar-refractivity contribution in [3.8, 4) is 0 Å². The molecule has 0 aliphatic heterocycles. The zero-order valence-corrected chi connectivity index (χ0v) is 9.75. The van der Waals surface area contributed by atoms with Crippen LogP contribution in [0.15, 0.2) is 12.1 Å². The van der Waals surface area contributed by atoms with E-state index in [1.807, 2.05) is 0 Å². The molecule has 0 fully saturated rings. The van der Waals surface area contributed by atoms with Gasteiger partial charge in [-0.3, -0.25) is 10.1 Å². The first-order valence-electron chi connectivity index (χ1n) is 5.17. The normalized spacial score (nSPS) is 10.1. The summed E-state index contributed by atoms with van der Waals surface area (Å²) in [5.74, 6) is -1.28. The molecule has 8 heteroatoms. The van der Waals surface area contributed by atoms with Gasteiger partial charge in [0.05, 0.1) is 4.92 Å². The predicted molar refractivity (Wildman–Crippen MR) is 62.8 cm³/mol. The highest BCUT2D eigenvalue weighted by atomic mass is 16.6. The van der Waals surface area contributed by atoms with Crippen molar-refractivity contribution < 1.29 is 19.6 Å². The van der Waals surface area contributed by atoms with Crippen LogP contribution in [-0.4, -0.2) is 41.2 Å². The molecule has 0 aromatic carbocycles. The average molecular weight is 255 g/mol. The Hall–Kier alpha value is -2.22. The maximum atomic E-state index is 10.7. The number of carboxylic acid groups (broad SMARTS) is 1. The lowest BCUT2D eigenvalue weighted by Crippen LogP contribution is -2.10. The number of carbonyl (C=O) groups is 1. The molecule has 1 aromatic heterocycles. The molecule has 0 bridgehead atoms. The van der Waals surface area contributed by atoms with E-state index < -0.39 is 10.9 Å². The molecule has 8 nitrogen and oxygen atoms in total. The molecular formula is C10H13N3O5. The first-order valence-corrected chi connectivity index (χ1v) is 5.17. The summed E-state index contributed by atoms with van der Waals surface area (Å²) >= 11 is 0. The van der Waals surface area contributed by atoms with Crippen molar-refractivity contribution in [1.29, 1.82) is 0 Å². The number of nitro groups is 1. The van der Waals surface area contributed by atoms with Gasteiger partial charge in [0.2, 0.25) is 5.82 Å². The highest BCUT2D eigenvalue weighted by Gasteiger charge is 2.17. The minimum atomic E-state index is -1.23. The van der Waals surface area contributed by atoms with Crippen molar-refractivity contribution in [2.24, 2.45) is 0 Å². The number of aromatic nitrogens is 1. The van der Waals surface area contributed by atoms with Gasteiger partial charge in [-0.15, -0.1) is 0 Å². The maximum Gasteiger partial charge on any atom is 0.354 e. The zero-order chi connectivity index (χ0) is 13.5. The molecule has 1 aromatic rings. The van der Waals surface area contributed by atoms with Crippen LogP contribution in [0.1, 0.15) is 16.9 Å². The summed E-state index contributed by atoms with van der Waals surface area (Å²) in [7, 11) is 1.55. The standard InChI is InChI=1S/C10H13N3O5/c1-18-6-2-5-11-9-8(13(16)17)4-3-7(12-9)10(14)15/h3-4H,2,5-6H2,1H3,(H,11,12)(H,14,15). The van der Waals surface area contributed by atoms with Crippen molar-refractivity contribution in [2.45, 2.75) is 6.42 Å². The van der Waals surface area contributed by atoms with E-state index in [1.54, 1.807) is 7.11 Å². The van der Waals surface area contributed by atoms with Crippen LogP contribution in [0.4, 0.5) is 11.5 Å². The fraction of sp³-hybridized carbons (Fsp3) is 0.400. The maximum absolute atomic E-state index is 10.7. The van der Waals surface area contributed by atoms with E-state index in [4.69, 9.17) is 9.84 Å². The number of aromatic carboxylic acids is 1. The Morgan fingerprint density at radius 2 is 2.33 bits per heavy atom. The molecule has 0 saturated carbocycles. The molecule has 2 N–H and O–H groups in total. The number of pyridine rings is 1. The molecule has 18 heavy (non-hydrogen) atoms. The lowest BCUT2D eigenvalue weighted by molar-refractivity contribution is -0.384. The third-order valence-electron chi connectivity index (χ3n) is 2.11. The second-order valence-corrected chi connectivity index (χ2v) is 3.40. The van der Waals surface area contributed by atoms with Gasteiger partial charge in [-0.2, -0.15) is 0 Å². The van der Waals surface area contributed by atoms with Crippen molar-refractivity contribution in [3.05, 3.63) is 27.9 Å². The molecule has 98 valence electrons. The van der Waals surface area contributed by atoms with Crippen LogP contribution in [0.5, 0.6) is 0 Å². The fourth-order valence-electron chi connectivity index (χ4n) is 1.27. The highest BCUT2D eigenvalue weighted by molar-refractivity contribution is 5.86. The molecule has 0 radical (unpaired) electrons. The number of hydrogen-bond donors (Lipinski definition) is 2. The Balaban J connectivity index is 2.86. The summed E-state index contributed by atoms with van der Waals surface area (Å²) in [6, 6.07) is 2.22. The zero-order valence-electron chi connectivity index (χ0n) is 9.75. The molecular weight excluding hydrogens is 242 g/mol. The van der Waals surface area contributed by atoms with E-state index >= 15 is 0 Å². The quantitative estimate of drug-likeness (QED) is 0.426. The Morgan fingerprint density at radius 1 is 1.61 bits per heavy atom. The van der Waals surface area contributed by atoms with E-state index in [0.29, 0.717) is 19.6 Å². The van der Waals surface area contributed by atoms with Crippen LogP contribution in [-0.2, 0) is 4.74 Å². The third-order valence-corrected chi connectivity index (χ3v) is 2.11. The van der Waals surface area contributed by atoms with Gasteiger partial charge >= 0.3 is 11.7 Å². The SMILES string of the molecule is COCCCNc1nc(C(=O)O)ccc1[N+](=O)[O-]. The summed E-state index contributed by atoms with van der Waals surface area (Å²) in [4.78, 5) is 24.6. The smallest absolute Gasteiger partial charge is 0.354 e. The highest BCUT2D eigenvalue weighted by Crippen LogP contribution is 2.21. The number of carboxylic acids is 1. The summed E-state index contributed by atoms with van der Waals surface area (Å²) in [6.45, 7) is 0.907. The average Bonchev–Trinajstić information content (AvgIpc) is 2.34. The van der Waals surface area contributed by atoms with E-state index in [2.05, 4.69) is 10.3 Å². The summed E-state index contributed by atoms with van der Waals surface area (Å²) in [5, 5.41) is 22.2. The van der Waals surface area contributed by atoms with E-state index in [9.17, 15) is 14.9 Å². The number of anilines is 1. The van der Waals surface area contributed by atoms with Crippen LogP contribution < -0.4 is 5.32 Å². The number of ether oxygens (including phenoxy) is 1. The van der Waals surface area contributed by atoms with Crippen molar-refractivity contribution in [3.63, 3.8) is 0 Å². The minimum Gasteiger partial charge on any atom is -0.477 e. The molecule has 0 atom stereocenters. The number of nitrogens with one attached hydrogen (secondary N) is 1. The molecule has 0 spiro atoms. The van der Waals surface area contributed by atoms with Crippen molar-refractivity contribution >= 4 is 17.5 Å². The number of methoxy groups -OCH3 is 1. The van der Waals surface area contributed by atoms with Gasteiger partial charge in [-0.05, 0) is 12.5 Å². The minimum absolute atomic E-state index is 0.0454. The summed E-state index contributed by atoms with van der Waals surface area (Å²) in [6.07, 6.45) is 0.632. The fourth-order valence-corrected chi connectivity index (χ4v) is 1.27. The molecule has 1 heterocycles. The van der Waals surface area contributed by atoms with Crippen LogP contribution >= 0.6 is 0 Å². The van der Waals surface area contributed by atoms with E-state index in [-0.39, 0.29) is 17.2 Å². The van der Waals surface area contributed by atoms with Gasteiger partial charge in [0.1, 0.15) is 0 Å². The van der Waals surface area contributed by atoms with Gasteiger partial charge in [0.15, 0.2) is 5.69 Å². The van der Waals surface area contributed by atoms with Crippen LogP contribution in [0.2, 0.25) is 0 Å². The first kappa shape index (κ1) is 13.8. The Labute approximate surface area is 103 Å². The van der Waals surface area contributed by atoms with E-state index in [1.165, 1.54) is 0 Å². The molecule has 0 unspecified atom stereocenters.